The number of methoxy groups -OCH3 is 2. The van der Waals surface area contributed by atoms with Crippen LogP contribution < -0.4 is 14.4 Å². The van der Waals surface area contributed by atoms with Crippen molar-refractivity contribution in [3.63, 3.8) is 0 Å². The molecule has 0 bridgehead atoms. The first-order chi connectivity index (χ1) is 12.4. The standard InChI is InChI=1S/C17H20N2O5S2/c1-23-11-5-6-12(14(7-11)24-2)19-13-8-26(21,22)9-15(13)25-17(19)18-16(20)10-3-4-10/h5-7,10,13,15H,3-4,8-9H2,1-2H3/t13-,15-/m1/s1. The smallest absolute Gasteiger partial charge is 0.251 e. The number of ether oxygens (including phenoxy) is 2. The second-order valence-corrected chi connectivity index (χ2v) is 10.1. The normalized spacial score (nSPS) is 28.2. The van der Waals surface area contributed by atoms with Crippen molar-refractivity contribution in [1.82, 2.24) is 0 Å². The van der Waals surface area contributed by atoms with Crippen molar-refractivity contribution in [2.45, 2.75) is 24.1 Å². The first-order valence-corrected chi connectivity index (χ1v) is 11.1. The molecule has 0 radical (unpaired) electrons. The van der Waals surface area contributed by atoms with Gasteiger partial charge in [-0.05, 0) is 25.0 Å². The van der Waals surface area contributed by atoms with Gasteiger partial charge in [0.15, 0.2) is 15.0 Å². The number of carbonyl (C=O) groups excluding carboxylic acids is 1. The molecule has 7 nitrogen and oxygen atoms in total. The molecule has 140 valence electrons. The average molecular weight is 396 g/mol. The Labute approximate surface area is 156 Å². The molecule has 2 aliphatic heterocycles. The topological polar surface area (TPSA) is 85.3 Å². The summed E-state index contributed by atoms with van der Waals surface area (Å²) in [7, 11) is 0.0198. The van der Waals surface area contributed by atoms with E-state index in [2.05, 4.69) is 4.99 Å². The maximum absolute atomic E-state index is 12.2. The van der Waals surface area contributed by atoms with E-state index in [1.54, 1.807) is 26.4 Å². The minimum atomic E-state index is -3.10. The SMILES string of the molecule is COc1ccc(N2C(=NC(=O)C3CC3)S[C@@H]3CS(=O)(=O)C[C@H]32)c(OC)c1. The van der Waals surface area contributed by atoms with E-state index in [1.807, 2.05) is 11.0 Å². The predicted octanol–water partition coefficient (Wildman–Crippen LogP) is 1.72. The number of aliphatic imine (C=N–C) groups is 1. The summed E-state index contributed by atoms with van der Waals surface area (Å²) in [5, 5.41) is 0.438. The molecular formula is C17H20N2O5S2. The van der Waals surface area contributed by atoms with Gasteiger partial charge in [0, 0.05) is 17.2 Å². The lowest BCUT2D eigenvalue weighted by atomic mass is 10.2. The highest BCUT2D eigenvalue weighted by Crippen LogP contribution is 2.45. The van der Waals surface area contributed by atoms with Crippen molar-refractivity contribution in [3.8, 4) is 11.5 Å². The number of amides is 1. The van der Waals surface area contributed by atoms with Gasteiger partial charge in [-0.25, -0.2) is 8.42 Å². The van der Waals surface area contributed by atoms with Crippen LogP contribution in [0.4, 0.5) is 5.69 Å². The Morgan fingerprint density at radius 1 is 1.23 bits per heavy atom. The van der Waals surface area contributed by atoms with E-state index in [1.165, 1.54) is 11.8 Å². The van der Waals surface area contributed by atoms with Crippen LogP contribution in [0.25, 0.3) is 0 Å². The molecule has 2 saturated heterocycles. The number of fused-ring (bicyclic) bond motifs is 1. The maximum Gasteiger partial charge on any atom is 0.251 e. The number of amidine groups is 1. The lowest BCUT2D eigenvalue weighted by Crippen LogP contribution is -2.38. The number of anilines is 1. The number of hydrogen-bond donors (Lipinski definition) is 0. The van der Waals surface area contributed by atoms with E-state index in [4.69, 9.17) is 9.47 Å². The van der Waals surface area contributed by atoms with Gasteiger partial charge in [0.25, 0.3) is 5.91 Å². The summed E-state index contributed by atoms with van der Waals surface area (Å²) in [6.07, 6.45) is 1.76. The zero-order valence-corrected chi connectivity index (χ0v) is 16.2. The highest BCUT2D eigenvalue weighted by molar-refractivity contribution is 8.16. The van der Waals surface area contributed by atoms with Gasteiger partial charge in [0.2, 0.25) is 0 Å². The van der Waals surface area contributed by atoms with Gasteiger partial charge in [0.05, 0.1) is 37.5 Å². The van der Waals surface area contributed by atoms with Gasteiger partial charge in [-0.1, -0.05) is 11.8 Å². The number of sulfone groups is 1. The summed E-state index contributed by atoms with van der Waals surface area (Å²) >= 11 is 1.38. The van der Waals surface area contributed by atoms with Crippen LogP contribution in [0.15, 0.2) is 23.2 Å². The molecule has 3 fully saturated rings. The van der Waals surface area contributed by atoms with E-state index in [-0.39, 0.29) is 34.6 Å². The van der Waals surface area contributed by atoms with Crippen molar-refractivity contribution in [3.05, 3.63) is 18.2 Å². The molecule has 1 saturated carbocycles. The minimum absolute atomic E-state index is 0.0203. The third kappa shape index (κ3) is 3.18. The number of hydrogen-bond acceptors (Lipinski definition) is 6. The molecular weight excluding hydrogens is 376 g/mol. The first kappa shape index (κ1) is 17.7. The number of carbonyl (C=O) groups is 1. The third-order valence-corrected chi connectivity index (χ3v) is 8.06. The van der Waals surface area contributed by atoms with Gasteiger partial charge < -0.3 is 14.4 Å². The Kier molecular flexibility index (Phi) is 4.38. The molecule has 2 atom stereocenters. The number of nitrogens with zero attached hydrogens (tertiary/aromatic N) is 2. The van der Waals surface area contributed by atoms with Crippen LogP contribution in [0.2, 0.25) is 0 Å². The molecule has 1 aromatic rings. The van der Waals surface area contributed by atoms with Crippen molar-refractivity contribution >= 4 is 38.4 Å². The fourth-order valence-electron chi connectivity index (χ4n) is 3.35. The molecule has 1 aromatic carbocycles. The molecule has 0 N–H and O–H groups in total. The Morgan fingerprint density at radius 2 is 2.00 bits per heavy atom. The molecule has 2 heterocycles. The summed E-state index contributed by atoms with van der Waals surface area (Å²) in [6, 6.07) is 5.11. The predicted molar refractivity (Wildman–Crippen MR) is 101 cm³/mol. The van der Waals surface area contributed by atoms with Crippen LogP contribution >= 0.6 is 11.8 Å². The number of thioether (sulfide) groups is 1. The Balaban J connectivity index is 1.76. The van der Waals surface area contributed by atoms with Crippen molar-refractivity contribution in [1.29, 1.82) is 0 Å². The zero-order valence-electron chi connectivity index (χ0n) is 14.5. The van der Waals surface area contributed by atoms with Crippen molar-refractivity contribution in [2.24, 2.45) is 10.9 Å². The molecule has 0 aromatic heterocycles. The first-order valence-electron chi connectivity index (χ1n) is 8.43. The molecule has 1 amide bonds. The van der Waals surface area contributed by atoms with Crippen LogP contribution in [0.1, 0.15) is 12.8 Å². The van der Waals surface area contributed by atoms with Crippen LogP contribution in [-0.2, 0) is 14.6 Å². The van der Waals surface area contributed by atoms with E-state index < -0.39 is 9.84 Å². The van der Waals surface area contributed by atoms with Gasteiger partial charge >= 0.3 is 0 Å². The summed E-state index contributed by atoms with van der Waals surface area (Å²) in [5.41, 5.74) is 0.702. The fraction of sp³-hybridized carbons (Fsp3) is 0.529. The van der Waals surface area contributed by atoms with Crippen molar-refractivity contribution < 1.29 is 22.7 Å². The monoisotopic (exact) mass is 396 g/mol. The van der Waals surface area contributed by atoms with Crippen LogP contribution in [-0.4, -0.2) is 56.5 Å². The molecule has 0 spiro atoms. The van der Waals surface area contributed by atoms with Crippen LogP contribution in [0.5, 0.6) is 11.5 Å². The van der Waals surface area contributed by atoms with Gasteiger partial charge in [0.1, 0.15) is 11.5 Å². The molecule has 1 aliphatic carbocycles. The van der Waals surface area contributed by atoms with Gasteiger partial charge in [-0.2, -0.15) is 4.99 Å². The van der Waals surface area contributed by atoms with Gasteiger partial charge in [-0.3, -0.25) is 4.79 Å². The molecule has 4 rings (SSSR count). The highest BCUT2D eigenvalue weighted by atomic mass is 32.2. The molecule has 3 aliphatic rings. The Bertz CT molecular complexity index is 879. The van der Waals surface area contributed by atoms with Crippen LogP contribution in [0, 0.1) is 5.92 Å². The summed E-state index contributed by atoms with van der Waals surface area (Å²) in [4.78, 5) is 18.4. The second kappa shape index (κ2) is 6.45. The van der Waals surface area contributed by atoms with E-state index in [0.717, 1.165) is 12.8 Å². The largest absolute Gasteiger partial charge is 0.497 e. The van der Waals surface area contributed by atoms with E-state index in [9.17, 15) is 13.2 Å². The summed E-state index contributed by atoms with van der Waals surface area (Å²) in [5.74, 6) is 1.26. The lowest BCUT2D eigenvalue weighted by Gasteiger charge is -2.26. The average Bonchev–Trinajstić information content (AvgIpc) is 3.35. The molecule has 9 heteroatoms. The molecule has 26 heavy (non-hydrogen) atoms. The quantitative estimate of drug-likeness (QED) is 0.766. The minimum Gasteiger partial charge on any atom is -0.497 e. The summed E-state index contributed by atoms with van der Waals surface area (Å²) in [6.45, 7) is 0. The summed E-state index contributed by atoms with van der Waals surface area (Å²) < 4.78 is 35.0. The third-order valence-electron chi connectivity index (χ3n) is 4.85. The van der Waals surface area contributed by atoms with E-state index in [0.29, 0.717) is 22.4 Å². The van der Waals surface area contributed by atoms with Crippen LogP contribution in [0.3, 0.4) is 0 Å². The van der Waals surface area contributed by atoms with Gasteiger partial charge in [-0.15, -0.1) is 0 Å². The highest BCUT2D eigenvalue weighted by Gasteiger charge is 2.50. The van der Waals surface area contributed by atoms with Crippen molar-refractivity contribution in [2.75, 3.05) is 30.6 Å². The number of benzene rings is 1. The Hall–Kier alpha value is -1.74. The fourth-order valence-corrected chi connectivity index (χ4v) is 7.26. The lowest BCUT2D eigenvalue weighted by molar-refractivity contribution is -0.118. The second-order valence-electron chi connectivity index (χ2n) is 6.72. The Morgan fingerprint density at radius 3 is 2.65 bits per heavy atom. The zero-order chi connectivity index (χ0) is 18.5. The van der Waals surface area contributed by atoms with E-state index >= 15 is 0 Å². The molecule has 0 unspecified atom stereocenters. The number of rotatable bonds is 4. The maximum atomic E-state index is 12.2.